The summed E-state index contributed by atoms with van der Waals surface area (Å²) in [6.45, 7) is 1.93. The minimum absolute atomic E-state index is 0.0888. The molecule has 2 aliphatic heterocycles. The van der Waals surface area contributed by atoms with Gasteiger partial charge in [-0.3, -0.25) is 34.7 Å². The van der Waals surface area contributed by atoms with Crippen LogP contribution in [0.15, 0.2) is 109 Å². The van der Waals surface area contributed by atoms with Crippen molar-refractivity contribution in [2.45, 2.75) is 25.2 Å². The number of hydrazine groups is 1. The molecule has 2 heterocycles. The number of anilines is 2. The zero-order valence-corrected chi connectivity index (χ0v) is 30.7. The number of non-ortho nitro benzene ring substituents is 1. The van der Waals surface area contributed by atoms with Crippen molar-refractivity contribution in [3.05, 3.63) is 136 Å². The van der Waals surface area contributed by atoms with E-state index in [-0.39, 0.29) is 41.5 Å². The van der Waals surface area contributed by atoms with Gasteiger partial charge in [-0.1, -0.05) is 77.9 Å². The molecule has 3 fully saturated rings. The van der Waals surface area contributed by atoms with Crippen LogP contribution in [0.2, 0.25) is 0 Å². The molecule has 4 amide bonds. The molecule has 284 valence electrons. The third-order valence-electron chi connectivity index (χ3n) is 11.7. The van der Waals surface area contributed by atoms with E-state index in [0.29, 0.717) is 16.8 Å². The van der Waals surface area contributed by atoms with Crippen LogP contribution in [0.3, 0.4) is 0 Å². The van der Waals surface area contributed by atoms with Crippen LogP contribution in [0.25, 0.3) is 6.08 Å². The van der Waals surface area contributed by atoms with Crippen LogP contribution in [-0.4, -0.2) is 52.9 Å². The van der Waals surface area contributed by atoms with Gasteiger partial charge in [0.05, 0.1) is 53.7 Å². The van der Waals surface area contributed by atoms with Gasteiger partial charge in [0.25, 0.3) is 17.5 Å². The van der Waals surface area contributed by atoms with E-state index in [1.54, 1.807) is 30.3 Å². The zero-order valence-electron chi connectivity index (χ0n) is 30.7. The lowest BCUT2D eigenvalue weighted by atomic mass is 9.50. The SMILES string of the molecule is COc1cc(C=C[C@H]2C3=CC[C@@H]4C(=O)N(c5cccc([N+](=O)[O-])c5)C(=O)[C@@H]4[C@@H]3C[C@H]3C(=O)N(Nc4ccc(C)cc4)C(=O)[C@@]23c2ccccc2)cc(OC)c1O. The number of fused-ring (bicyclic) bond motifs is 4. The molecule has 8 rings (SSSR count). The summed E-state index contributed by atoms with van der Waals surface area (Å²) in [4.78, 5) is 70.8. The molecule has 0 radical (unpaired) electrons. The quantitative estimate of drug-likeness (QED) is 0.0849. The largest absolute Gasteiger partial charge is 0.502 e. The Morgan fingerprint density at radius 3 is 2.23 bits per heavy atom. The molecule has 13 heteroatoms. The first-order chi connectivity index (χ1) is 27.0. The second-order valence-electron chi connectivity index (χ2n) is 14.6. The van der Waals surface area contributed by atoms with Crippen molar-refractivity contribution in [1.29, 1.82) is 0 Å². The van der Waals surface area contributed by atoms with Crippen LogP contribution in [0.4, 0.5) is 17.1 Å². The van der Waals surface area contributed by atoms with Crippen molar-refractivity contribution in [2.75, 3.05) is 24.5 Å². The van der Waals surface area contributed by atoms with Gasteiger partial charge in [-0.2, -0.15) is 5.01 Å². The van der Waals surface area contributed by atoms with Gasteiger partial charge in [-0.15, -0.1) is 0 Å². The van der Waals surface area contributed by atoms with E-state index < -0.39 is 63.6 Å². The summed E-state index contributed by atoms with van der Waals surface area (Å²) in [5, 5.41) is 23.3. The van der Waals surface area contributed by atoms with Gasteiger partial charge in [-0.05, 0) is 67.1 Å². The lowest BCUT2D eigenvalue weighted by Gasteiger charge is -2.49. The number of phenolic OH excluding ortho intramolecular Hbond substituents is 1. The monoisotopic (exact) mass is 754 g/mol. The summed E-state index contributed by atoms with van der Waals surface area (Å²) in [5.41, 5.74) is 4.91. The summed E-state index contributed by atoms with van der Waals surface area (Å²) in [6.07, 6.45) is 5.82. The summed E-state index contributed by atoms with van der Waals surface area (Å²) < 4.78 is 10.8. The number of methoxy groups -OCH3 is 2. The minimum atomic E-state index is -1.47. The molecule has 13 nitrogen and oxygen atoms in total. The number of nitrogens with zero attached hydrogens (tertiary/aromatic N) is 3. The highest BCUT2D eigenvalue weighted by molar-refractivity contribution is 6.22. The number of aromatic hydroxyl groups is 1. The Bertz CT molecular complexity index is 2330. The van der Waals surface area contributed by atoms with Crippen molar-refractivity contribution >= 4 is 46.8 Å². The Morgan fingerprint density at radius 1 is 0.875 bits per heavy atom. The van der Waals surface area contributed by atoms with E-state index in [2.05, 4.69) is 5.43 Å². The number of hydrogen-bond acceptors (Lipinski definition) is 10. The Hall–Kier alpha value is -6.76. The Balaban J connectivity index is 1.29. The number of nitrogens with one attached hydrogen (secondary N) is 1. The second kappa shape index (κ2) is 13.8. The molecular weight excluding hydrogens is 716 g/mol. The lowest BCUT2D eigenvalue weighted by molar-refractivity contribution is -0.384. The number of benzene rings is 4. The van der Waals surface area contributed by atoms with Gasteiger partial charge in [-0.25, -0.2) is 4.90 Å². The number of rotatable bonds is 9. The molecule has 4 aromatic rings. The number of nitro groups is 1. The van der Waals surface area contributed by atoms with Gasteiger partial charge in [0, 0.05) is 18.1 Å². The minimum Gasteiger partial charge on any atom is -0.502 e. The highest BCUT2D eigenvalue weighted by Gasteiger charge is 2.69. The maximum Gasteiger partial charge on any atom is 0.271 e. The van der Waals surface area contributed by atoms with Crippen LogP contribution in [0.1, 0.15) is 29.5 Å². The summed E-state index contributed by atoms with van der Waals surface area (Å²) in [6, 6.07) is 25.1. The summed E-state index contributed by atoms with van der Waals surface area (Å²) in [7, 11) is 2.84. The van der Waals surface area contributed by atoms with Gasteiger partial charge in [0.2, 0.25) is 17.6 Å². The fourth-order valence-corrected chi connectivity index (χ4v) is 9.21. The highest BCUT2D eigenvalue weighted by Crippen LogP contribution is 2.61. The van der Waals surface area contributed by atoms with Crippen molar-refractivity contribution in [3.8, 4) is 17.2 Å². The molecule has 1 saturated carbocycles. The molecular formula is C43H38N4O9. The average Bonchev–Trinajstić information content (AvgIpc) is 3.59. The standard InChI is InChI=1S/C43H38N4O9/c1-24-12-15-27(16-13-24)44-46-40(50)34-23-32-30(17-18-31-37(32)41(51)45(39(31)49)28-10-7-11-29(22-28)47(53)54)33(43(34,42(46)52)26-8-5-4-6-9-26)19-14-25-20-35(55-2)38(48)36(21-25)56-3/h4-17,19-22,31-34,37,44,48H,18,23H2,1-3H3/t31-,32+,33-,34-,37-,43-/m0/s1. The third-order valence-corrected chi connectivity index (χ3v) is 11.7. The number of carbonyl (C=O) groups excluding carboxylic acids is 4. The maximum atomic E-state index is 15.3. The van der Waals surface area contributed by atoms with Crippen LogP contribution >= 0.6 is 0 Å². The zero-order chi connectivity index (χ0) is 39.5. The number of ether oxygens (including phenoxy) is 2. The van der Waals surface area contributed by atoms with Gasteiger partial charge < -0.3 is 14.6 Å². The van der Waals surface area contributed by atoms with Crippen LogP contribution in [0, 0.1) is 46.6 Å². The molecule has 0 unspecified atom stereocenters. The van der Waals surface area contributed by atoms with E-state index in [1.807, 2.05) is 61.5 Å². The van der Waals surface area contributed by atoms with Gasteiger partial charge in [0.15, 0.2) is 11.5 Å². The molecule has 4 aliphatic rings. The Morgan fingerprint density at radius 2 is 1.57 bits per heavy atom. The van der Waals surface area contributed by atoms with Crippen molar-refractivity contribution in [3.63, 3.8) is 0 Å². The number of amides is 4. The van der Waals surface area contributed by atoms with Crippen molar-refractivity contribution < 1.29 is 38.7 Å². The van der Waals surface area contributed by atoms with Gasteiger partial charge >= 0.3 is 0 Å². The number of hydrogen-bond donors (Lipinski definition) is 2. The van der Waals surface area contributed by atoms with Crippen molar-refractivity contribution in [1.82, 2.24) is 5.01 Å². The molecule has 2 saturated heterocycles. The van der Waals surface area contributed by atoms with Crippen LogP contribution in [0.5, 0.6) is 17.2 Å². The van der Waals surface area contributed by atoms with Crippen LogP contribution in [-0.2, 0) is 24.6 Å². The van der Waals surface area contributed by atoms with E-state index in [1.165, 1.54) is 38.5 Å². The van der Waals surface area contributed by atoms with Gasteiger partial charge in [0.1, 0.15) is 0 Å². The van der Waals surface area contributed by atoms with E-state index in [9.17, 15) is 29.6 Å². The lowest BCUT2D eigenvalue weighted by Crippen LogP contribution is -2.54. The number of phenols is 1. The van der Waals surface area contributed by atoms with E-state index in [0.717, 1.165) is 21.0 Å². The van der Waals surface area contributed by atoms with E-state index >= 15 is 4.79 Å². The molecule has 0 aromatic heterocycles. The summed E-state index contributed by atoms with van der Waals surface area (Å²) >= 11 is 0. The fraction of sp³-hybridized carbons (Fsp3) is 0.256. The molecule has 2 N–H and O–H groups in total. The number of imide groups is 2. The third kappa shape index (κ3) is 5.52. The highest BCUT2D eigenvalue weighted by atomic mass is 16.6. The molecule has 6 atom stereocenters. The topological polar surface area (TPSA) is 169 Å². The first-order valence-electron chi connectivity index (χ1n) is 18.2. The smallest absolute Gasteiger partial charge is 0.271 e. The van der Waals surface area contributed by atoms with Crippen molar-refractivity contribution in [2.24, 2.45) is 29.6 Å². The average molecular weight is 755 g/mol. The predicted octanol–water partition coefficient (Wildman–Crippen LogP) is 6.36. The number of nitro benzene ring substituents is 1. The Labute approximate surface area is 321 Å². The number of allylic oxidation sites excluding steroid dienone is 3. The normalized spacial score (nSPS) is 25.5. The Kier molecular flexibility index (Phi) is 8.94. The maximum absolute atomic E-state index is 15.3. The summed E-state index contributed by atoms with van der Waals surface area (Å²) in [5.74, 6) is -5.83. The number of aryl methyl sites for hydroxylation is 1. The van der Waals surface area contributed by atoms with E-state index in [4.69, 9.17) is 9.47 Å². The predicted molar refractivity (Wildman–Crippen MR) is 205 cm³/mol. The first kappa shape index (κ1) is 36.2. The molecule has 2 aliphatic carbocycles. The molecule has 4 aromatic carbocycles. The first-order valence-corrected chi connectivity index (χ1v) is 18.2. The number of carbonyl (C=O) groups is 4. The molecule has 56 heavy (non-hydrogen) atoms. The second-order valence-corrected chi connectivity index (χ2v) is 14.6. The molecule has 0 spiro atoms. The van der Waals surface area contributed by atoms with Crippen LogP contribution < -0.4 is 19.8 Å². The fourth-order valence-electron chi connectivity index (χ4n) is 9.21. The molecule has 0 bridgehead atoms.